The Balaban J connectivity index is 2.00. The molecule has 4 N–H and O–H groups in total. The number of nitrogens with two attached hydrogens (primary N) is 1. The third-order valence-electron chi connectivity index (χ3n) is 2.94. The van der Waals surface area contributed by atoms with Crippen LogP contribution in [-0.4, -0.2) is 21.9 Å². The van der Waals surface area contributed by atoms with Crippen molar-refractivity contribution < 1.29 is 19.1 Å². The first-order valence-corrected chi connectivity index (χ1v) is 7.15. The first-order chi connectivity index (χ1) is 10.9. The molecule has 23 heavy (non-hydrogen) atoms. The summed E-state index contributed by atoms with van der Waals surface area (Å²) in [4.78, 5) is 38.0. The summed E-state index contributed by atoms with van der Waals surface area (Å²) in [6.07, 6.45) is 0. The van der Waals surface area contributed by atoms with Crippen LogP contribution in [0.4, 0.5) is 5.13 Å². The Kier molecular flexibility index (Phi) is 3.54. The van der Waals surface area contributed by atoms with Crippen LogP contribution in [0.15, 0.2) is 38.9 Å². The fourth-order valence-corrected chi connectivity index (χ4v) is 2.60. The summed E-state index contributed by atoms with van der Waals surface area (Å²) >= 11 is 1.04. The second-order valence-corrected chi connectivity index (χ2v) is 5.38. The van der Waals surface area contributed by atoms with Gasteiger partial charge in [0.15, 0.2) is 5.13 Å². The lowest BCUT2D eigenvalue weighted by atomic mass is 10.1. The van der Waals surface area contributed by atoms with Gasteiger partial charge in [0.1, 0.15) is 11.3 Å². The summed E-state index contributed by atoms with van der Waals surface area (Å²) < 4.78 is 5.14. The smallest absolute Gasteiger partial charge is 0.345 e. The molecule has 116 valence electrons. The molecule has 0 bridgehead atoms. The Bertz CT molecular complexity index is 991. The lowest BCUT2D eigenvalue weighted by Crippen LogP contribution is -2.29. The Morgan fingerprint density at radius 2 is 2.09 bits per heavy atom. The molecule has 8 nitrogen and oxygen atoms in total. The number of hydrogen-bond donors (Lipinski definition) is 3. The normalized spacial score (nSPS) is 10.6. The van der Waals surface area contributed by atoms with Gasteiger partial charge in [0.25, 0.3) is 0 Å². The number of rotatable bonds is 2. The highest BCUT2D eigenvalue weighted by Gasteiger charge is 2.15. The maximum atomic E-state index is 12.0. The number of carbonyl (C=O) groups is 2. The first-order valence-electron chi connectivity index (χ1n) is 6.27. The molecule has 9 heteroatoms. The quantitative estimate of drug-likeness (QED) is 0.474. The van der Waals surface area contributed by atoms with E-state index in [-0.39, 0.29) is 22.0 Å². The average Bonchev–Trinajstić information content (AvgIpc) is 2.94. The van der Waals surface area contributed by atoms with E-state index in [1.165, 1.54) is 17.5 Å². The molecule has 0 aliphatic heterocycles. The number of hydrogen-bond acceptors (Lipinski definition) is 7. The van der Waals surface area contributed by atoms with Crippen molar-refractivity contribution in [3.63, 3.8) is 0 Å². The van der Waals surface area contributed by atoms with E-state index in [0.29, 0.717) is 11.1 Å². The zero-order valence-corrected chi connectivity index (χ0v) is 12.2. The highest BCUT2D eigenvalue weighted by molar-refractivity contribution is 7.14. The summed E-state index contributed by atoms with van der Waals surface area (Å²) in [5, 5.41) is 13.9. The zero-order chi connectivity index (χ0) is 16.6. The van der Waals surface area contributed by atoms with E-state index in [4.69, 9.17) is 10.2 Å². The van der Waals surface area contributed by atoms with Gasteiger partial charge < -0.3 is 15.3 Å². The minimum absolute atomic E-state index is 0.0153. The Morgan fingerprint density at radius 1 is 1.30 bits per heavy atom. The van der Waals surface area contributed by atoms with Gasteiger partial charge in [-0.2, -0.15) is 0 Å². The van der Waals surface area contributed by atoms with Crippen LogP contribution in [-0.2, 0) is 9.59 Å². The van der Waals surface area contributed by atoms with E-state index in [2.05, 4.69) is 10.3 Å². The fourth-order valence-electron chi connectivity index (χ4n) is 1.89. The van der Waals surface area contributed by atoms with Crippen molar-refractivity contribution in [3.8, 4) is 17.0 Å². The molecule has 0 atom stereocenters. The lowest BCUT2D eigenvalue weighted by molar-refractivity contribution is -0.134. The van der Waals surface area contributed by atoms with Gasteiger partial charge in [-0.25, -0.2) is 9.78 Å². The summed E-state index contributed by atoms with van der Waals surface area (Å²) in [7, 11) is 0. The van der Waals surface area contributed by atoms with Gasteiger partial charge in [-0.15, -0.1) is 11.3 Å². The van der Waals surface area contributed by atoms with Crippen LogP contribution in [0.2, 0.25) is 0 Å². The minimum atomic E-state index is -1.13. The Hall–Kier alpha value is -3.20. The molecule has 3 aromatic rings. The average molecular weight is 331 g/mol. The number of amides is 2. The monoisotopic (exact) mass is 331 g/mol. The number of carbonyl (C=O) groups excluding carboxylic acids is 2. The molecular weight excluding hydrogens is 322 g/mol. The molecule has 2 amide bonds. The highest BCUT2D eigenvalue weighted by Crippen LogP contribution is 2.26. The number of aromatic hydroxyl groups is 1. The molecule has 0 saturated carbocycles. The van der Waals surface area contributed by atoms with Gasteiger partial charge in [0.2, 0.25) is 0 Å². The van der Waals surface area contributed by atoms with Gasteiger partial charge in [-0.1, -0.05) is 0 Å². The van der Waals surface area contributed by atoms with Gasteiger partial charge in [-0.3, -0.25) is 14.9 Å². The van der Waals surface area contributed by atoms with Crippen LogP contribution >= 0.6 is 11.3 Å². The minimum Gasteiger partial charge on any atom is -0.508 e. The van der Waals surface area contributed by atoms with Gasteiger partial charge in [-0.05, 0) is 18.2 Å². The molecule has 2 heterocycles. The van der Waals surface area contributed by atoms with E-state index in [9.17, 15) is 19.5 Å². The number of nitrogens with one attached hydrogen (secondary N) is 1. The van der Waals surface area contributed by atoms with Crippen LogP contribution in [0.3, 0.4) is 0 Å². The molecule has 0 aliphatic rings. The van der Waals surface area contributed by atoms with Crippen molar-refractivity contribution in [2.24, 2.45) is 5.73 Å². The number of fused-ring (bicyclic) bond motifs is 1. The number of phenols is 1. The topological polar surface area (TPSA) is 136 Å². The van der Waals surface area contributed by atoms with Crippen molar-refractivity contribution in [1.29, 1.82) is 0 Å². The van der Waals surface area contributed by atoms with Crippen molar-refractivity contribution >= 4 is 39.3 Å². The predicted molar refractivity (Wildman–Crippen MR) is 83.1 cm³/mol. The predicted octanol–water partition coefficient (Wildman–Crippen LogP) is 1.05. The number of thiazole rings is 1. The third kappa shape index (κ3) is 2.90. The van der Waals surface area contributed by atoms with Crippen LogP contribution in [0.1, 0.15) is 0 Å². The van der Waals surface area contributed by atoms with E-state index >= 15 is 0 Å². The SMILES string of the molecule is NC(=O)C(=O)Nc1nc(-c2cc3ccc(O)cc3oc2=O)cs1. The van der Waals surface area contributed by atoms with Crippen LogP contribution in [0.25, 0.3) is 22.2 Å². The molecule has 0 saturated heterocycles. The van der Waals surface area contributed by atoms with E-state index in [1.807, 2.05) is 0 Å². The number of benzene rings is 1. The van der Waals surface area contributed by atoms with Crippen molar-refractivity contribution in [1.82, 2.24) is 4.98 Å². The van der Waals surface area contributed by atoms with Gasteiger partial charge in [0.05, 0.1) is 11.3 Å². The Labute approximate surface area is 132 Å². The number of phenolic OH excluding ortho intramolecular Hbond substituents is 1. The molecule has 0 fully saturated rings. The molecular formula is C14H9N3O5S. The van der Waals surface area contributed by atoms with Crippen molar-refractivity contribution in [2.75, 3.05) is 5.32 Å². The summed E-state index contributed by atoms with van der Waals surface area (Å²) in [6, 6.07) is 5.96. The van der Waals surface area contributed by atoms with E-state index in [0.717, 1.165) is 11.3 Å². The van der Waals surface area contributed by atoms with Crippen molar-refractivity contribution in [3.05, 3.63) is 40.1 Å². The lowest BCUT2D eigenvalue weighted by Gasteiger charge is -2.00. The molecule has 0 spiro atoms. The number of primary amides is 1. The summed E-state index contributed by atoms with van der Waals surface area (Å²) in [6.45, 7) is 0. The van der Waals surface area contributed by atoms with Crippen LogP contribution in [0, 0.1) is 0 Å². The third-order valence-corrected chi connectivity index (χ3v) is 3.70. The summed E-state index contributed by atoms with van der Waals surface area (Å²) in [5.41, 5.74) is 4.93. The highest BCUT2D eigenvalue weighted by atomic mass is 32.1. The second kappa shape index (κ2) is 5.54. The molecule has 1 aromatic carbocycles. The van der Waals surface area contributed by atoms with Crippen molar-refractivity contribution in [2.45, 2.75) is 0 Å². The largest absolute Gasteiger partial charge is 0.508 e. The fraction of sp³-hybridized carbons (Fsp3) is 0. The maximum Gasteiger partial charge on any atom is 0.345 e. The summed E-state index contributed by atoms with van der Waals surface area (Å²) in [5.74, 6) is -2.14. The number of nitrogens with zero attached hydrogens (tertiary/aromatic N) is 1. The Morgan fingerprint density at radius 3 is 2.83 bits per heavy atom. The number of aromatic nitrogens is 1. The standard InChI is InChI=1S/C14H9N3O5S/c15-11(19)12(20)17-14-16-9(5-23-14)8-3-6-1-2-7(18)4-10(6)22-13(8)21/h1-5,18H,(H2,15,19)(H,16,17,20). The van der Waals surface area contributed by atoms with Gasteiger partial charge >= 0.3 is 17.4 Å². The van der Waals surface area contributed by atoms with Crippen LogP contribution in [0.5, 0.6) is 5.75 Å². The maximum absolute atomic E-state index is 12.0. The van der Waals surface area contributed by atoms with Crippen LogP contribution < -0.4 is 16.7 Å². The zero-order valence-electron chi connectivity index (χ0n) is 11.4. The van der Waals surface area contributed by atoms with E-state index in [1.54, 1.807) is 12.1 Å². The molecule has 2 aromatic heterocycles. The number of anilines is 1. The van der Waals surface area contributed by atoms with E-state index < -0.39 is 17.4 Å². The molecule has 3 rings (SSSR count). The molecule has 0 unspecified atom stereocenters. The second-order valence-electron chi connectivity index (χ2n) is 4.53. The molecule has 0 aliphatic carbocycles. The first kappa shape index (κ1) is 14.7. The molecule has 0 radical (unpaired) electrons. The van der Waals surface area contributed by atoms with Gasteiger partial charge in [0, 0.05) is 16.8 Å².